The predicted molar refractivity (Wildman–Crippen MR) is 81.9 cm³/mol. The number of benzene rings is 1. The molecule has 0 bridgehead atoms. The van der Waals surface area contributed by atoms with Crippen molar-refractivity contribution in [3.63, 3.8) is 0 Å². The zero-order valence-corrected chi connectivity index (χ0v) is 12.7. The maximum absolute atomic E-state index is 12.6. The van der Waals surface area contributed by atoms with Gasteiger partial charge in [-0.05, 0) is 17.5 Å². The highest BCUT2D eigenvalue weighted by atomic mass is 32.1. The lowest BCUT2D eigenvalue weighted by Crippen LogP contribution is -2.20. The normalized spacial score (nSPS) is 11.6. The lowest BCUT2D eigenvalue weighted by Gasteiger charge is -2.08. The van der Waals surface area contributed by atoms with Gasteiger partial charge in [0.15, 0.2) is 0 Å². The average molecular weight is 357 g/mol. The molecule has 0 aliphatic rings. The average Bonchev–Trinajstić information content (AvgIpc) is 2.99. The first-order valence-electron chi connectivity index (χ1n) is 6.47. The lowest BCUT2D eigenvalue weighted by molar-refractivity contribution is -0.385. The Morgan fingerprint density at radius 3 is 2.71 bits per heavy atom. The molecule has 1 N–H and O–H groups in total. The Bertz CT molecular complexity index is 773. The van der Waals surface area contributed by atoms with Crippen molar-refractivity contribution in [2.45, 2.75) is 12.6 Å². The fraction of sp³-hybridized carbons (Fsp3) is 0.143. The summed E-state index contributed by atoms with van der Waals surface area (Å²) < 4.78 is 37.8. The fourth-order valence-electron chi connectivity index (χ4n) is 1.80. The molecule has 0 radical (unpaired) electrons. The number of nitro groups is 1. The molecule has 0 fully saturated rings. The van der Waals surface area contributed by atoms with Crippen LogP contribution in [-0.2, 0) is 17.4 Å². The van der Waals surface area contributed by atoms with Crippen LogP contribution in [0.5, 0.6) is 0 Å². The van der Waals surface area contributed by atoms with E-state index in [9.17, 15) is 28.1 Å². The molecule has 24 heavy (non-hydrogen) atoms. The number of alkyl halides is 3. The Morgan fingerprint density at radius 2 is 2.12 bits per heavy atom. The molecule has 126 valence electrons. The second kappa shape index (κ2) is 7.21. The molecule has 0 saturated heterocycles. The quantitative estimate of drug-likeness (QED) is 0.506. The van der Waals surface area contributed by atoms with Gasteiger partial charge < -0.3 is 0 Å². The molecule has 0 spiro atoms. The van der Waals surface area contributed by atoms with E-state index in [1.807, 2.05) is 5.38 Å². The standard InChI is InChI=1S/C14H10F3N3O3S/c15-14(16,17)10-4-3-9(12(7-10)20(22)23)6-13(21)19-18-8-11-2-1-5-24-11/h1-5,7-8H,6H2,(H,19,21)/b18-8-. The molecule has 1 aromatic carbocycles. The van der Waals surface area contributed by atoms with Crippen LogP contribution in [0.3, 0.4) is 0 Å². The van der Waals surface area contributed by atoms with Crippen molar-refractivity contribution in [2.24, 2.45) is 5.10 Å². The second-order valence-corrected chi connectivity index (χ2v) is 5.56. The number of rotatable bonds is 5. The minimum Gasteiger partial charge on any atom is -0.273 e. The number of nitrogens with one attached hydrogen (secondary N) is 1. The van der Waals surface area contributed by atoms with Gasteiger partial charge in [0.05, 0.1) is 23.1 Å². The Balaban J connectivity index is 2.10. The number of hydrogen-bond donors (Lipinski definition) is 1. The molecular formula is C14H10F3N3O3S. The maximum Gasteiger partial charge on any atom is 0.416 e. The van der Waals surface area contributed by atoms with Gasteiger partial charge >= 0.3 is 6.18 Å². The van der Waals surface area contributed by atoms with Gasteiger partial charge in [-0.3, -0.25) is 14.9 Å². The van der Waals surface area contributed by atoms with Crippen LogP contribution in [0.15, 0.2) is 40.8 Å². The van der Waals surface area contributed by atoms with Crippen LogP contribution < -0.4 is 5.43 Å². The van der Waals surface area contributed by atoms with E-state index in [0.29, 0.717) is 12.1 Å². The van der Waals surface area contributed by atoms with E-state index in [4.69, 9.17) is 0 Å². The van der Waals surface area contributed by atoms with Gasteiger partial charge in [-0.25, -0.2) is 5.43 Å². The van der Waals surface area contributed by atoms with Crippen LogP contribution in [0.4, 0.5) is 18.9 Å². The van der Waals surface area contributed by atoms with Crippen molar-refractivity contribution in [3.05, 3.63) is 61.8 Å². The van der Waals surface area contributed by atoms with Crippen molar-refractivity contribution in [2.75, 3.05) is 0 Å². The largest absolute Gasteiger partial charge is 0.416 e. The van der Waals surface area contributed by atoms with Crippen molar-refractivity contribution in [1.29, 1.82) is 0 Å². The lowest BCUT2D eigenvalue weighted by atomic mass is 10.1. The molecule has 0 unspecified atom stereocenters. The number of carbonyl (C=O) groups is 1. The number of hydrazone groups is 1. The predicted octanol–water partition coefficient (Wildman–Crippen LogP) is 3.37. The third-order valence-corrected chi connectivity index (χ3v) is 3.69. The van der Waals surface area contributed by atoms with Gasteiger partial charge in [-0.2, -0.15) is 18.3 Å². The minimum absolute atomic E-state index is 0.128. The summed E-state index contributed by atoms with van der Waals surface area (Å²) in [6.45, 7) is 0. The van der Waals surface area contributed by atoms with Gasteiger partial charge in [0, 0.05) is 16.5 Å². The number of carbonyl (C=O) groups excluding carboxylic acids is 1. The van der Waals surface area contributed by atoms with Crippen LogP contribution >= 0.6 is 11.3 Å². The second-order valence-electron chi connectivity index (χ2n) is 4.58. The molecule has 2 aromatic rings. The fourth-order valence-corrected chi connectivity index (χ4v) is 2.39. The number of thiophene rings is 1. The summed E-state index contributed by atoms with van der Waals surface area (Å²) in [6, 6.07) is 5.59. The molecule has 0 saturated carbocycles. The number of nitrogens with zero attached hydrogens (tertiary/aromatic N) is 2. The van der Waals surface area contributed by atoms with Gasteiger partial charge in [0.1, 0.15) is 0 Å². The molecular weight excluding hydrogens is 347 g/mol. The molecule has 2 rings (SSSR count). The molecule has 0 aliphatic carbocycles. The van der Waals surface area contributed by atoms with Crippen molar-refractivity contribution in [3.8, 4) is 0 Å². The molecule has 1 aromatic heterocycles. The highest BCUT2D eigenvalue weighted by Gasteiger charge is 2.33. The Hall–Kier alpha value is -2.75. The number of amides is 1. The molecule has 1 heterocycles. The van der Waals surface area contributed by atoms with Gasteiger partial charge in [0.2, 0.25) is 5.91 Å². The number of halogens is 3. The van der Waals surface area contributed by atoms with Crippen LogP contribution in [0.1, 0.15) is 16.0 Å². The van der Waals surface area contributed by atoms with E-state index < -0.39 is 34.7 Å². The molecule has 10 heteroatoms. The van der Waals surface area contributed by atoms with E-state index in [1.54, 1.807) is 12.1 Å². The minimum atomic E-state index is -4.70. The van der Waals surface area contributed by atoms with Crippen LogP contribution in [0.25, 0.3) is 0 Å². The van der Waals surface area contributed by atoms with Crippen LogP contribution in [-0.4, -0.2) is 17.0 Å². The van der Waals surface area contributed by atoms with E-state index in [1.165, 1.54) is 17.6 Å². The van der Waals surface area contributed by atoms with Crippen molar-refractivity contribution in [1.82, 2.24) is 5.43 Å². The first-order valence-corrected chi connectivity index (χ1v) is 7.35. The molecule has 0 aliphatic heterocycles. The Kier molecular flexibility index (Phi) is 5.29. The van der Waals surface area contributed by atoms with Crippen molar-refractivity contribution < 1.29 is 22.9 Å². The topological polar surface area (TPSA) is 84.6 Å². The van der Waals surface area contributed by atoms with Crippen molar-refractivity contribution >= 4 is 29.1 Å². The SMILES string of the molecule is O=C(Cc1ccc(C(F)(F)F)cc1[N+](=O)[O-])N/N=C\c1cccs1. The van der Waals surface area contributed by atoms with Gasteiger partial charge in [0.25, 0.3) is 5.69 Å². The maximum atomic E-state index is 12.6. The first kappa shape index (κ1) is 17.6. The van der Waals surface area contributed by atoms with Gasteiger partial charge in [-0.1, -0.05) is 12.1 Å². The van der Waals surface area contributed by atoms with E-state index >= 15 is 0 Å². The highest BCUT2D eigenvalue weighted by molar-refractivity contribution is 7.11. The summed E-state index contributed by atoms with van der Waals surface area (Å²) in [5.74, 6) is -0.675. The summed E-state index contributed by atoms with van der Waals surface area (Å²) >= 11 is 1.39. The number of nitro benzene ring substituents is 1. The Morgan fingerprint density at radius 1 is 1.38 bits per heavy atom. The summed E-state index contributed by atoms with van der Waals surface area (Å²) in [4.78, 5) is 22.5. The molecule has 6 nitrogen and oxygen atoms in total. The van der Waals surface area contributed by atoms with E-state index in [2.05, 4.69) is 10.5 Å². The summed E-state index contributed by atoms with van der Waals surface area (Å²) in [7, 11) is 0. The molecule has 0 atom stereocenters. The third kappa shape index (κ3) is 4.62. The van der Waals surface area contributed by atoms with Crippen LogP contribution in [0, 0.1) is 10.1 Å². The smallest absolute Gasteiger partial charge is 0.273 e. The highest BCUT2D eigenvalue weighted by Crippen LogP contribution is 2.33. The summed E-state index contributed by atoms with van der Waals surface area (Å²) in [5, 5.41) is 16.4. The Labute approximate surface area is 137 Å². The zero-order chi connectivity index (χ0) is 17.7. The monoisotopic (exact) mass is 357 g/mol. The summed E-state index contributed by atoms with van der Waals surface area (Å²) in [5.41, 5.74) is 0.139. The zero-order valence-electron chi connectivity index (χ0n) is 11.9. The third-order valence-electron chi connectivity index (χ3n) is 2.88. The summed E-state index contributed by atoms with van der Waals surface area (Å²) in [6.07, 6.45) is -3.77. The van der Waals surface area contributed by atoms with Crippen LogP contribution in [0.2, 0.25) is 0 Å². The van der Waals surface area contributed by atoms with Gasteiger partial charge in [-0.15, -0.1) is 11.3 Å². The van der Waals surface area contributed by atoms with E-state index in [-0.39, 0.29) is 5.56 Å². The van der Waals surface area contributed by atoms with E-state index in [0.717, 1.165) is 10.9 Å². The number of hydrogen-bond acceptors (Lipinski definition) is 5. The first-order chi connectivity index (χ1) is 11.3. The molecule has 1 amide bonds.